The normalized spacial score (nSPS) is 11.9. The standard InChI is InChI=1S/C19H17FN2O3/c1-12(18(23)22-10-13-6-8-14(20)9-7-13)25-19(24)16-11-21-17-5-3-2-4-15(16)17/h2-9,11-12,21H,10H2,1H3,(H,22,23). The van der Waals surface area contributed by atoms with Crippen molar-refractivity contribution >= 4 is 22.8 Å². The molecule has 0 saturated heterocycles. The molecule has 0 fully saturated rings. The Morgan fingerprint density at radius 2 is 1.88 bits per heavy atom. The zero-order valence-corrected chi connectivity index (χ0v) is 13.6. The smallest absolute Gasteiger partial charge is 0.341 e. The Bertz CT molecular complexity index is 902. The van der Waals surface area contributed by atoms with Crippen LogP contribution in [0.2, 0.25) is 0 Å². The van der Waals surface area contributed by atoms with E-state index in [1.807, 2.05) is 24.3 Å². The highest BCUT2D eigenvalue weighted by Crippen LogP contribution is 2.19. The summed E-state index contributed by atoms with van der Waals surface area (Å²) in [5.74, 6) is -1.32. The minimum absolute atomic E-state index is 0.230. The van der Waals surface area contributed by atoms with E-state index in [9.17, 15) is 14.0 Å². The lowest BCUT2D eigenvalue weighted by Gasteiger charge is -2.13. The number of hydrogen-bond acceptors (Lipinski definition) is 3. The van der Waals surface area contributed by atoms with Crippen LogP contribution in [0.5, 0.6) is 0 Å². The number of esters is 1. The molecule has 1 atom stereocenters. The lowest BCUT2D eigenvalue weighted by Crippen LogP contribution is -2.35. The number of fused-ring (bicyclic) bond motifs is 1. The minimum Gasteiger partial charge on any atom is -0.449 e. The molecular weight excluding hydrogens is 323 g/mol. The first-order valence-corrected chi connectivity index (χ1v) is 7.84. The first-order chi connectivity index (χ1) is 12.0. The number of rotatable bonds is 5. The van der Waals surface area contributed by atoms with Gasteiger partial charge in [0.05, 0.1) is 5.56 Å². The van der Waals surface area contributed by atoms with E-state index in [-0.39, 0.29) is 12.4 Å². The van der Waals surface area contributed by atoms with Crippen LogP contribution in [0.25, 0.3) is 10.9 Å². The van der Waals surface area contributed by atoms with Crippen molar-refractivity contribution in [2.75, 3.05) is 0 Å². The van der Waals surface area contributed by atoms with Crippen LogP contribution >= 0.6 is 0 Å². The lowest BCUT2D eigenvalue weighted by atomic mass is 10.2. The van der Waals surface area contributed by atoms with Crippen molar-refractivity contribution in [1.82, 2.24) is 10.3 Å². The van der Waals surface area contributed by atoms with Gasteiger partial charge < -0.3 is 15.0 Å². The molecule has 0 aliphatic carbocycles. The first kappa shape index (κ1) is 16.7. The highest BCUT2D eigenvalue weighted by atomic mass is 19.1. The zero-order valence-electron chi connectivity index (χ0n) is 13.6. The summed E-state index contributed by atoms with van der Waals surface area (Å²) in [5, 5.41) is 3.40. The molecule has 0 aliphatic heterocycles. The van der Waals surface area contributed by atoms with Crippen LogP contribution in [0.4, 0.5) is 4.39 Å². The summed E-state index contributed by atoms with van der Waals surface area (Å²) in [6, 6.07) is 13.2. The van der Waals surface area contributed by atoms with Crippen molar-refractivity contribution in [3.05, 3.63) is 71.7 Å². The summed E-state index contributed by atoms with van der Waals surface area (Å²) in [4.78, 5) is 27.4. The van der Waals surface area contributed by atoms with Crippen LogP contribution in [-0.2, 0) is 16.1 Å². The van der Waals surface area contributed by atoms with Gasteiger partial charge in [-0.3, -0.25) is 4.79 Å². The fraction of sp³-hybridized carbons (Fsp3) is 0.158. The van der Waals surface area contributed by atoms with Crippen molar-refractivity contribution in [1.29, 1.82) is 0 Å². The van der Waals surface area contributed by atoms with Crippen LogP contribution in [0, 0.1) is 5.82 Å². The number of ether oxygens (including phenoxy) is 1. The van der Waals surface area contributed by atoms with Crippen LogP contribution in [-0.4, -0.2) is 23.0 Å². The number of carbonyl (C=O) groups is 2. The largest absolute Gasteiger partial charge is 0.449 e. The molecular formula is C19H17FN2O3. The zero-order chi connectivity index (χ0) is 17.8. The molecule has 0 saturated carbocycles. The van der Waals surface area contributed by atoms with E-state index in [1.54, 1.807) is 18.3 Å². The fourth-order valence-electron chi connectivity index (χ4n) is 2.45. The van der Waals surface area contributed by atoms with E-state index >= 15 is 0 Å². The second-order valence-corrected chi connectivity index (χ2v) is 5.64. The van der Waals surface area contributed by atoms with E-state index in [0.717, 1.165) is 16.5 Å². The van der Waals surface area contributed by atoms with Crippen LogP contribution in [0.1, 0.15) is 22.8 Å². The maximum atomic E-state index is 12.9. The number of halogens is 1. The minimum atomic E-state index is -0.943. The van der Waals surface area contributed by atoms with Crippen LogP contribution in [0.15, 0.2) is 54.7 Å². The molecule has 128 valence electrons. The summed E-state index contributed by atoms with van der Waals surface area (Å²) >= 11 is 0. The molecule has 1 amide bonds. The summed E-state index contributed by atoms with van der Waals surface area (Å²) in [5.41, 5.74) is 1.96. The predicted molar refractivity (Wildman–Crippen MR) is 91.4 cm³/mol. The molecule has 25 heavy (non-hydrogen) atoms. The maximum absolute atomic E-state index is 12.9. The van der Waals surface area contributed by atoms with Crippen molar-refractivity contribution < 1.29 is 18.7 Å². The van der Waals surface area contributed by atoms with E-state index in [1.165, 1.54) is 19.1 Å². The Morgan fingerprint density at radius 1 is 1.16 bits per heavy atom. The van der Waals surface area contributed by atoms with Gasteiger partial charge >= 0.3 is 5.97 Å². The van der Waals surface area contributed by atoms with Crippen molar-refractivity contribution in [3.8, 4) is 0 Å². The summed E-state index contributed by atoms with van der Waals surface area (Å²) in [6.07, 6.45) is 0.623. The van der Waals surface area contributed by atoms with Crippen molar-refractivity contribution in [2.45, 2.75) is 19.6 Å². The van der Waals surface area contributed by atoms with Gasteiger partial charge in [-0.1, -0.05) is 30.3 Å². The average Bonchev–Trinajstić information content (AvgIpc) is 3.05. The molecule has 0 bridgehead atoms. The quantitative estimate of drug-likeness (QED) is 0.701. The van der Waals surface area contributed by atoms with Gasteiger partial charge in [-0.05, 0) is 30.7 Å². The highest BCUT2D eigenvalue weighted by Gasteiger charge is 2.20. The highest BCUT2D eigenvalue weighted by molar-refractivity contribution is 6.04. The van der Waals surface area contributed by atoms with Gasteiger partial charge in [-0.2, -0.15) is 0 Å². The SMILES string of the molecule is CC(OC(=O)c1c[nH]c2ccccc12)C(=O)NCc1ccc(F)cc1. The number of hydrogen-bond donors (Lipinski definition) is 2. The Morgan fingerprint density at radius 3 is 2.64 bits per heavy atom. The third-order valence-electron chi connectivity index (χ3n) is 3.84. The Labute approximate surface area is 143 Å². The molecule has 6 heteroatoms. The molecule has 3 aromatic rings. The summed E-state index contributed by atoms with van der Waals surface area (Å²) in [7, 11) is 0. The van der Waals surface area contributed by atoms with Gasteiger partial charge in [-0.25, -0.2) is 9.18 Å². The lowest BCUT2D eigenvalue weighted by molar-refractivity contribution is -0.129. The molecule has 2 N–H and O–H groups in total. The fourth-order valence-corrected chi connectivity index (χ4v) is 2.45. The molecule has 0 aliphatic rings. The van der Waals surface area contributed by atoms with E-state index < -0.39 is 18.0 Å². The number of aromatic amines is 1. The van der Waals surface area contributed by atoms with E-state index in [2.05, 4.69) is 10.3 Å². The molecule has 3 rings (SSSR count). The van der Waals surface area contributed by atoms with Gasteiger partial charge in [0, 0.05) is 23.6 Å². The summed E-state index contributed by atoms with van der Waals surface area (Å²) in [6.45, 7) is 1.74. The van der Waals surface area contributed by atoms with Crippen LogP contribution < -0.4 is 5.32 Å². The van der Waals surface area contributed by atoms with Gasteiger partial charge in [-0.15, -0.1) is 0 Å². The molecule has 1 heterocycles. The van der Waals surface area contributed by atoms with Gasteiger partial charge in [0.25, 0.3) is 5.91 Å². The van der Waals surface area contributed by atoms with Gasteiger partial charge in [0.1, 0.15) is 5.82 Å². The third-order valence-corrected chi connectivity index (χ3v) is 3.84. The second kappa shape index (κ2) is 7.17. The first-order valence-electron chi connectivity index (χ1n) is 7.84. The summed E-state index contributed by atoms with van der Waals surface area (Å²) < 4.78 is 18.1. The number of amides is 1. The second-order valence-electron chi connectivity index (χ2n) is 5.64. The van der Waals surface area contributed by atoms with Crippen molar-refractivity contribution in [3.63, 3.8) is 0 Å². The number of aromatic nitrogens is 1. The molecule has 1 aromatic heterocycles. The number of carbonyl (C=O) groups excluding carboxylic acids is 2. The maximum Gasteiger partial charge on any atom is 0.341 e. The van der Waals surface area contributed by atoms with Crippen LogP contribution in [0.3, 0.4) is 0 Å². The average molecular weight is 340 g/mol. The molecule has 0 radical (unpaired) electrons. The van der Waals surface area contributed by atoms with Gasteiger partial charge in [0.2, 0.25) is 0 Å². The number of H-pyrrole nitrogens is 1. The molecule has 5 nitrogen and oxygen atoms in total. The monoisotopic (exact) mass is 340 g/mol. The van der Waals surface area contributed by atoms with E-state index in [0.29, 0.717) is 5.56 Å². The third kappa shape index (κ3) is 3.85. The molecule has 1 unspecified atom stereocenters. The Kier molecular flexibility index (Phi) is 4.79. The van der Waals surface area contributed by atoms with Crippen molar-refractivity contribution in [2.24, 2.45) is 0 Å². The topological polar surface area (TPSA) is 71.2 Å². The molecule has 0 spiro atoms. The number of nitrogens with one attached hydrogen (secondary N) is 2. The Balaban J connectivity index is 1.59. The predicted octanol–water partition coefficient (Wildman–Crippen LogP) is 3.17. The Hall–Kier alpha value is -3.15. The molecule has 2 aromatic carbocycles. The number of para-hydroxylation sites is 1. The van der Waals surface area contributed by atoms with Gasteiger partial charge in [0.15, 0.2) is 6.10 Å². The number of benzene rings is 2. The van der Waals surface area contributed by atoms with E-state index in [4.69, 9.17) is 4.74 Å².